The van der Waals surface area contributed by atoms with Crippen LogP contribution in [0, 0.1) is 0 Å². The molecule has 31 heavy (non-hydrogen) atoms. The monoisotopic (exact) mass is 412 g/mol. The lowest BCUT2D eigenvalue weighted by molar-refractivity contribution is -0.132. The summed E-state index contributed by atoms with van der Waals surface area (Å²) in [7, 11) is 0. The molecule has 0 bridgehead atoms. The maximum absolute atomic E-state index is 12.7. The summed E-state index contributed by atoms with van der Waals surface area (Å²) in [5.74, 6) is 0.786. The molecule has 156 valence electrons. The van der Waals surface area contributed by atoms with E-state index in [1.807, 2.05) is 64.2 Å². The van der Waals surface area contributed by atoms with Gasteiger partial charge in [-0.25, -0.2) is 4.98 Å². The Morgan fingerprint density at radius 3 is 2.68 bits per heavy atom. The Morgan fingerprint density at radius 1 is 1.03 bits per heavy atom. The number of carbonyl (C=O) groups is 1. The summed E-state index contributed by atoms with van der Waals surface area (Å²) < 4.78 is 7.90. The van der Waals surface area contributed by atoms with Gasteiger partial charge in [0.2, 0.25) is 5.91 Å². The van der Waals surface area contributed by atoms with Crippen LogP contribution in [0.5, 0.6) is 5.75 Å². The summed E-state index contributed by atoms with van der Waals surface area (Å²) in [6, 6.07) is 19.8. The smallest absolute Gasteiger partial charge is 0.226 e. The fourth-order valence-corrected chi connectivity index (χ4v) is 4.01. The number of nitrogens with zero attached hydrogens (tertiary/aromatic N) is 3. The number of nitrogen functional groups attached to an aromatic ring is 1. The van der Waals surface area contributed by atoms with E-state index in [0.717, 1.165) is 35.6 Å². The fraction of sp³-hybridized carbons (Fsp3) is 0.200. The molecular formula is C25H24N4O2. The average molecular weight is 412 g/mol. The van der Waals surface area contributed by atoms with E-state index in [9.17, 15) is 4.79 Å². The molecule has 5 rings (SSSR count). The summed E-state index contributed by atoms with van der Waals surface area (Å²) in [5, 5.41) is 0. The van der Waals surface area contributed by atoms with Crippen LogP contribution in [-0.4, -0.2) is 33.3 Å². The van der Waals surface area contributed by atoms with E-state index in [1.54, 1.807) is 0 Å². The highest BCUT2D eigenvalue weighted by Crippen LogP contribution is 2.25. The molecule has 0 unspecified atom stereocenters. The lowest BCUT2D eigenvalue weighted by Crippen LogP contribution is -2.36. The van der Waals surface area contributed by atoms with E-state index in [4.69, 9.17) is 15.5 Å². The fourth-order valence-electron chi connectivity index (χ4n) is 4.01. The molecule has 0 saturated carbocycles. The number of imidazole rings is 1. The predicted molar refractivity (Wildman–Crippen MR) is 121 cm³/mol. The van der Waals surface area contributed by atoms with Gasteiger partial charge in [0.25, 0.3) is 0 Å². The first kappa shape index (κ1) is 19.2. The van der Waals surface area contributed by atoms with E-state index in [1.165, 1.54) is 11.1 Å². The zero-order valence-corrected chi connectivity index (χ0v) is 17.2. The Kier molecular flexibility index (Phi) is 5.04. The van der Waals surface area contributed by atoms with Crippen LogP contribution in [-0.2, 0) is 17.8 Å². The summed E-state index contributed by atoms with van der Waals surface area (Å²) in [5.41, 5.74) is 11.6. The van der Waals surface area contributed by atoms with Crippen LogP contribution in [0.4, 0.5) is 5.69 Å². The van der Waals surface area contributed by atoms with Crippen LogP contribution in [0.1, 0.15) is 17.5 Å². The van der Waals surface area contributed by atoms with E-state index in [0.29, 0.717) is 25.3 Å². The first-order chi connectivity index (χ1) is 15.2. The second kappa shape index (κ2) is 8.14. The maximum Gasteiger partial charge on any atom is 0.226 e. The second-order valence-electron chi connectivity index (χ2n) is 7.78. The van der Waals surface area contributed by atoms with E-state index in [-0.39, 0.29) is 5.91 Å². The third kappa shape index (κ3) is 3.97. The van der Waals surface area contributed by atoms with Crippen molar-refractivity contribution < 1.29 is 9.53 Å². The van der Waals surface area contributed by atoms with Crippen molar-refractivity contribution in [3.05, 3.63) is 84.2 Å². The molecule has 2 aromatic carbocycles. The molecule has 0 spiro atoms. The number of ether oxygens (including phenoxy) is 1. The molecule has 0 fully saturated rings. The summed E-state index contributed by atoms with van der Waals surface area (Å²) >= 11 is 0. The lowest BCUT2D eigenvalue weighted by atomic mass is 10.00. The standard InChI is InChI=1S/C25H24N4O2/c26-21-9-7-19(8-10-21)22-17-29-13-3-6-23(25(29)27-22)31-15-12-24(30)28-14-11-18-4-1-2-5-20(18)16-28/h1-10,13,17H,11-12,14-16,26H2. The second-order valence-corrected chi connectivity index (χ2v) is 7.78. The Balaban J connectivity index is 1.25. The zero-order chi connectivity index (χ0) is 21.2. The van der Waals surface area contributed by atoms with Crippen molar-refractivity contribution in [2.24, 2.45) is 0 Å². The summed E-state index contributed by atoms with van der Waals surface area (Å²) in [6.45, 7) is 1.76. The van der Waals surface area contributed by atoms with Crippen molar-refractivity contribution in [2.75, 3.05) is 18.9 Å². The van der Waals surface area contributed by atoms with Crippen molar-refractivity contribution in [1.82, 2.24) is 14.3 Å². The van der Waals surface area contributed by atoms with Crippen LogP contribution < -0.4 is 10.5 Å². The number of aromatic nitrogens is 2. The van der Waals surface area contributed by atoms with Crippen molar-refractivity contribution >= 4 is 17.2 Å². The summed E-state index contributed by atoms with van der Waals surface area (Å²) in [4.78, 5) is 19.3. The number of hydrogen-bond donors (Lipinski definition) is 1. The van der Waals surface area contributed by atoms with Gasteiger partial charge in [-0.05, 0) is 41.8 Å². The van der Waals surface area contributed by atoms with Crippen LogP contribution in [0.3, 0.4) is 0 Å². The number of hydrogen-bond acceptors (Lipinski definition) is 4. The van der Waals surface area contributed by atoms with Crippen molar-refractivity contribution in [3.63, 3.8) is 0 Å². The Hall–Kier alpha value is -3.80. The molecule has 6 nitrogen and oxygen atoms in total. The van der Waals surface area contributed by atoms with Gasteiger partial charge in [0.15, 0.2) is 11.4 Å². The Morgan fingerprint density at radius 2 is 1.84 bits per heavy atom. The number of rotatable bonds is 5. The van der Waals surface area contributed by atoms with Gasteiger partial charge in [0.1, 0.15) is 0 Å². The van der Waals surface area contributed by atoms with Crippen molar-refractivity contribution in [2.45, 2.75) is 19.4 Å². The molecule has 1 aliphatic heterocycles. The molecule has 0 saturated heterocycles. The van der Waals surface area contributed by atoms with Gasteiger partial charge in [-0.3, -0.25) is 4.79 Å². The number of anilines is 1. The third-order valence-electron chi connectivity index (χ3n) is 5.71. The molecule has 4 aromatic rings. The first-order valence-corrected chi connectivity index (χ1v) is 10.5. The SMILES string of the molecule is Nc1ccc(-c2cn3cccc(OCCC(=O)N4CCc5ccccc5C4)c3n2)cc1. The van der Waals surface area contributed by atoms with Gasteiger partial charge in [-0.2, -0.15) is 0 Å². The highest BCUT2D eigenvalue weighted by molar-refractivity contribution is 5.76. The van der Waals surface area contributed by atoms with E-state index < -0.39 is 0 Å². The lowest BCUT2D eigenvalue weighted by Gasteiger charge is -2.28. The Labute approximate surface area is 180 Å². The highest BCUT2D eigenvalue weighted by atomic mass is 16.5. The topological polar surface area (TPSA) is 72.9 Å². The van der Waals surface area contributed by atoms with Gasteiger partial charge in [-0.15, -0.1) is 0 Å². The molecule has 1 amide bonds. The van der Waals surface area contributed by atoms with Gasteiger partial charge in [0, 0.05) is 36.7 Å². The van der Waals surface area contributed by atoms with Crippen molar-refractivity contribution in [3.8, 4) is 17.0 Å². The quantitative estimate of drug-likeness (QED) is 0.504. The zero-order valence-electron chi connectivity index (χ0n) is 17.2. The molecule has 2 aromatic heterocycles. The number of pyridine rings is 1. The minimum Gasteiger partial charge on any atom is -0.489 e. The molecule has 6 heteroatoms. The average Bonchev–Trinajstić information content (AvgIpc) is 3.24. The Bertz CT molecular complexity index is 1230. The number of amides is 1. The van der Waals surface area contributed by atoms with E-state index >= 15 is 0 Å². The third-order valence-corrected chi connectivity index (χ3v) is 5.71. The number of carbonyl (C=O) groups excluding carboxylic acids is 1. The van der Waals surface area contributed by atoms with Crippen LogP contribution in [0.2, 0.25) is 0 Å². The van der Waals surface area contributed by atoms with Crippen LogP contribution >= 0.6 is 0 Å². The van der Waals surface area contributed by atoms with Gasteiger partial charge < -0.3 is 19.8 Å². The van der Waals surface area contributed by atoms with Gasteiger partial charge >= 0.3 is 0 Å². The molecule has 0 radical (unpaired) electrons. The molecule has 1 aliphatic rings. The predicted octanol–water partition coefficient (Wildman–Crippen LogP) is 3.94. The van der Waals surface area contributed by atoms with Crippen LogP contribution in [0.15, 0.2) is 73.1 Å². The van der Waals surface area contributed by atoms with Crippen LogP contribution in [0.25, 0.3) is 16.9 Å². The minimum absolute atomic E-state index is 0.118. The first-order valence-electron chi connectivity index (χ1n) is 10.5. The number of benzene rings is 2. The molecule has 0 aliphatic carbocycles. The molecule has 2 N–H and O–H groups in total. The minimum atomic E-state index is 0.118. The number of fused-ring (bicyclic) bond motifs is 2. The van der Waals surface area contributed by atoms with Gasteiger partial charge in [0.05, 0.1) is 18.7 Å². The van der Waals surface area contributed by atoms with Crippen molar-refractivity contribution in [1.29, 1.82) is 0 Å². The normalized spacial score (nSPS) is 13.2. The van der Waals surface area contributed by atoms with E-state index in [2.05, 4.69) is 18.2 Å². The summed E-state index contributed by atoms with van der Waals surface area (Å²) in [6.07, 6.45) is 5.15. The van der Waals surface area contributed by atoms with Gasteiger partial charge in [-0.1, -0.05) is 36.4 Å². The molecular weight excluding hydrogens is 388 g/mol. The maximum atomic E-state index is 12.7. The molecule has 3 heterocycles. The number of nitrogens with two attached hydrogens (primary N) is 1. The molecule has 0 atom stereocenters. The highest BCUT2D eigenvalue weighted by Gasteiger charge is 2.20. The largest absolute Gasteiger partial charge is 0.489 e.